The van der Waals surface area contributed by atoms with Gasteiger partial charge in [-0.2, -0.15) is 0 Å². The fraction of sp³-hybridized carbons (Fsp3) is 0.0769. The Balaban J connectivity index is 1.42. The summed E-state index contributed by atoms with van der Waals surface area (Å²) < 4.78 is 18.7. The smallest absolute Gasteiger partial charge is 0.311 e. The predicted octanol–water partition coefficient (Wildman–Crippen LogP) is 5.60. The molecule has 1 heterocycles. The first kappa shape index (κ1) is 26.2. The van der Waals surface area contributed by atoms with E-state index < -0.39 is 34.0 Å². The van der Waals surface area contributed by atoms with E-state index in [0.29, 0.717) is 16.8 Å². The van der Waals surface area contributed by atoms with Gasteiger partial charge in [-0.15, -0.1) is 0 Å². The van der Waals surface area contributed by atoms with Gasteiger partial charge in [0.15, 0.2) is 5.75 Å². The van der Waals surface area contributed by atoms with Crippen molar-refractivity contribution < 1.29 is 28.4 Å². The number of carbonyl (C=O) groups excluding carboxylic acids is 2. The number of hydrogen-bond acceptors (Lipinski definition) is 7. The normalized spacial score (nSPS) is 11.4. The Morgan fingerprint density at radius 3 is 2.42 bits per heavy atom. The number of phenolic OH excluding ortho intramolecular Hbond substituents is 1. The molecule has 0 fully saturated rings. The van der Waals surface area contributed by atoms with Crippen LogP contribution in [-0.4, -0.2) is 21.8 Å². The zero-order valence-corrected chi connectivity index (χ0v) is 20.5. The van der Waals surface area contributed by atoms with Gasteiger partial charge in [0.2, 0.25) is 5.76 Å². The van der Waals surface area contributed by atoms with Gasteiger partial charge in [-0.1, -0.05) is 35.9 Å². The number of nitro groups is 1. The third-order valence-corrected chi connectivity index (χ3v) is 5.91. The fourth-order valence-electron chi connectivity index (χ4n) is 3.64. The standard InChI is InChI=1S/C26H20ClFN4O6/c1-14(29-18-7-8-21(28)20(27)13-18)15-2-4-16(5-3-15)19-10-11-38-24(19)26(35)31-30-25(34)17-6-9-23(33)22(12-17)32(36)37/h2-14,29,33H,1H3,(H,30,34)(H,31,35). The number of furan rings is 1. The van der Waals surface area contributed by atoms with E-state index in [1.807, 2.05) is 19.1 Å². The van der Waals surface area contributed by atoms with Crippen molar-refractivity contribution in [2.75, 3.05) is 5.32 Å². The lowest BCUT2D eigenvalue weighted by atomic mass is 10.0. The number of nitrogens with zero attached hydrogens (tertiary/aromatic N) is 1. The number of rotatable bonds is 7. The topological polar surface area (TPSA) is 147 Å². The minimum Gasteiger partial charge on any atom is -0.502 e. The lowest BCUT2D eigenvalue weighted by molar-refractivity contribution is -0.385. The number of halogens is 2. The molecule has 38 heavy (non-hydrogen) atoms. The summed E-state index contributed by atoms with van der Waals surface area (Å²) in [6.07, 6.45) is 1.33. The third-order valence-electron chi connectivity index (χ3n) is 5.62. The van der Waals surface area contributed by atoms with Gasteiger partial charge in [0.25, 0.3) is 5.91 Å². The van der Waals surface area contributed by atoms with Crippen molar-refractivity contribution in [3.05, 3.63) is 111 Å². The molecule has 4 aromatic rings. The molecule has 0 radical (unpaired) electrons. The second kappa shape index (κ2) is 11.0. The molecular weight excluding hydrogens is 519 g/mol. The summed E-state index contributed by atoms with van der Waals surface area (Å²) in [5.41, 5.74) is 6.30. The maximum absolute atomic E-state index is 13.4. The average Bonchev–Trinajstić information content (AvgIpc) is 3.39. The molecule has 1 aromatic heterocycles. The molecule has 0 saturated carbocycles. The molecule has 1 unspecified atom stereocenters. The van der Waals surface area contributed by atoms with E-state index in [0.717, 1.165) is 17.7 Å². The number of phenols is 1. The molecule has 1 atom stereocenters. The first-order valence-corrected chi connectivity index (χ1v) is 11.5. The Bertz CT molecular complexity index is 1520. The number of hydrogen-bond donors (Lipinski definition) is 4. The monoisotopic (exact) mass is 538 g/mol. The van der Waals surface area contributed by atoms with Gasteiger partial charge in [-0.25, -0.2) is 4.39 Å². The van der Waals surface area contributed by atoms with Gasteiger partial charge < -0.3 is 14.8 Å². The molecule has 2 amide bonds. The molecule has 4 rings (SSSR count). The Kier molecular flexibility index (Phi) is 7.58. The van der Waals surface area contributed by atoms with Crippen molar-refractivity contribution in [2.45, 2.75) is 13.0 Å². The molecule has 0 aliphatic rings. The zero-order valence-electron chi connectivity index (χ0n) is 19.7. The Labute approximate surface area is 220 Å². The van der Waals surface area contributed by atoms with Gasteiger partial charge in [0.05, 0.1) is 16.2 Å². The van der Waals surface area contributed by atoms with E-state index in [-0.39, 0.29) is 22.4 Å². The van der Waals surface area contributed by atoms with Crippen LogP contribution in [0.3, 0.4) is 0 Å². The fourth-order valence-corrected chi connectivity index (χ4v) is 3.82. The van der Waals surface area contributed by atoms with Crippen LogP contribution in [0.1, 0.15) is 39.4 Å². The summed E-state index contributed by atoms with van der Waals surface area (Å²) >= 11 is 5.84. The average molecular weight is 539 g/mol. The minimum atomic E-state index is -0.833. The first-order chi connectivity index (χ1) is 18.1. The summed E-state index contributed by atoms with van der Waals surface area (Å²) in [4.78, 5) is 35.1. The number of nitrogens with one attached hydrogen (secondary N) is 3. The number of amides is 2. The van der Waals surface area contributed by atoms with Crippen LogP contribution in [0.5, 0.6) is 5.75 Å². The van der Waals surface area contributed by atoms with E-state index in [9.17, 15) is 29.2 Å². The lowest BCUT2D eigenvalue weighted by Crippen LogP contribution is -2.41. The van der Waals surface area contributed by atoms with Crippen LogP contribution in [-0.2, 0) is 0 Å². The number of anilines is 1. The highest BCUT2D eigenvalue weighted by molar-refractivity contribution is 6.31. The molecule has 0 bridgehead atoms. The molecule has 10 nitrogen and oxygen atoms in total. The van der Waals surface area contributed by atoms with Gasteiger partial charge in [-0.3, -0.25) is 30.6 Å². The van der Waals surface area contributed by atoms with Crippen molar-refractivity contribution in [3.63, 3.8) is 0 Å². The van der Waals surface area contributed by atoms with Crippen LogP contribution in [0.2, 0.25) is 5.02 Å². The predicted molar refractivity (Wildman–Crippen MR) is 137 cm³/mol. The largest absolute Gasteiger partial charge is 0.502 e. The van der Waals surface area contributed by atoms with Crippen LogP contribution >= 0.6 is 11.6 Å². The molecule has 0 saturated heterocycles. The molecule has 0 aliphatic heterocycles. The minimum absolute atomic E-state index is 0.0175. The van der Waals surface area contributed by atoms with Gasteiger partial charge in [-0.05, 0) is 54.4 Å². The van der Waals surface area contributed by atoms with Crippen LogP contribution in [0, 0.1) is 15.9 Å². The summed E-state index contributed by atoms with van der Waals surface area (Å²) in [5.74, 6) is -2.74. The van der Waals surface area contributed by atoms with Crippen molar-refractivity contribution in [1.29, 1.82) is 0 Å². The van der Waals surface area contributed by atoms with E-state index in [1.54, 1.807) is 24.3 Å². The maximum atomic E-state index is 13.4. The Morgan fingerprint density at radius 2 is 1.74 bits per heavy atom. The van der Waals surface area contributed by atoms with Crippen LogP contribution < -0.4 is 16.2 Å². The second-order valence-corrected chi connectivity index (χ2v) is 8.56. The quantitative estimate of drug-likeness (QED) is 0.177. The SMILES string of the molecule is CC(Nc1ccc(F)c(Cl)c1)c1ccc(-c2ccoc2C(=O)NNC(=O)c2ccc(O)c([N+](=O)[O-])c2)cc1. The Morgan fingerprint density at radius 1 is 1.03 bits per heavy atom. The number of benzene rings is 3. The summed E-state index contributed by atoms with van der Waals surface area (Å²) in [7, 11) is 0. The van der Waals surface area contributed by atoms with Crippen molar-refractivity contribution in [2.24, 2.45) is 0 Å². The third kappa shape index (κ3) is 5.73. The highest BCUT2D eigenvalue weighted by atomic mass is 35.5. The molecular formula is C26H20ClFN4O6. The van der Waals surface area contributed by atoms with E-state index in [4.69, 9.17) is 16.0 Å². The lowest BCUT2D eigenvalue weighted by Gasteiger charge is -2.16. The number of nitro benzene ring substituents is 1. The molecule has 0 spiro atoms. The molecule has 12 heteroatoms. The summed E-state index contributed by atoms with van der Waals surface area (Å²) in [6, 6.07) is 16.2. The van der Waals surface area contributed by atoms with Crippen molar-refractivity contribution >= 4 is 34.8 Å². The summed E-state index contributed by atoms with van der Waals surface area (Å²) in [6.45, 7) is 1.92. The summed E-state index contributed by atoms with van der Waals surface area (Å²) in [5, 5.41) is 23.7. The number of aromatic hydroxyl groups is 1. The zero-order chi connectivity index (χ0) is 27.4. The highest BCUT2D eigenvalue weighted by Crippen LogP contribution is 2.29. The number of hydrazine groups is 1. The second-order valence-electron chi connectivity index (χ2n) is 8.15. The van der Waals surface area contributed by atoms with Crippen molar-refractivity contribution in [1.82, 2.24) is 10.9 Å². The van der Waals surface area contributed by atoms with Gasteiger partial charge in [0.1, 0.15) is 5.82 Å². The molecule has 0 aliphatic carbocycles. The van der Waals surface area contributed by atoms with E-state index >= 15 is 0 Å². The van der Waals surface area contributed by atoms with E-state index in [1.165, 1.54) is 24.5 Å². The maximum Gasteiger partial charge on any atom is 0.311 e. The molecule has 194 valence electrons. The Hall–Kier alpha value is -4.90. The van der Waals surface area contributed by atoms with Crippen molar-refractivity contribution in [3.8, 4) is 16.9 Å². The highest BCUT2D eigenvalue weighted by Gasteiger charge is 2.20. The van der Waals surface area contributed by atoms with Gasteiger partial charge >= 0.3 is 11.6 Å². The van der Waals surface area contributed by atoms with Crippen LogP contribution in [0.15, 0.2) is 77.4 Å². The molecule has 4 N–H and O–H groups in total. The van der Waals surface area contributed by atoms with Crippen LogP contribution in [0.25, 0.3) is 11.1 Å². The molecule has 3 aromatic carbocycles. The number of carbonyl (C=O) groups is 2. The first-order valence-electron chi connectivity index (χ1n) is 11.1. The van der Waals surface area contributed by atoms with E-state index in [2.05, 4.69) is 16.2 Å². The van der Waals surface area contributed by atoms with Gasteiger partial charge in [0, 0.05) is 28.9 Å². The van der Waals surface area contributed by atoms with Crippen LogP contribution in [0.4, 0.5) is 15.8 Å².